The van der Waals surface area contributed by atoms with Gasteiger partial charge < -0.3 is 24.3 Å². The van der Waals surface area contributed by atoms with Crippen LogP contribution in [0.5, 0.6) is 5.75 Å². The number of hydrogen-bond acceptors (Lipinski definition) is 4. The van der Waals surface area contributed by atoms with Crippen LogP contribution < -0.4 is 4.74 Å². The Morgan fingerprint density at radius 3 is 2.70 bits per heavy atom. The molecule has 27 heavy (non-hydrogen) atoms. The van der Waals surface area contributed by atoms with Crippen molar-refractivity contribution >= 4 is 10.9 Å². The van der Waals surface area contributed by atoms with Crippen LogP contribution in [-0.2, 0) is 11.3 Å². The molecule has 1 saturated heterocycles. The zero-order valence-corrected chi connectivity index (χ0v) is 15.0. The highest BCUT2D eigenvalue weighted by Crippen LogP contribution is 2.36. The van der Waals surface area contributed by atoms with Crippen molar-refractivity contribution in [1.82, 2.24) is 4.57 Å². The van der Waals surface area contributed by atoms with E-state index in [1.807, 2.05) is 41.1 Å². The van der Waals surface area contributed by atoms with Gasteiger partial charge in [-0.05, 0) is 30.2 Å². The van der Waals surface area contributed by atoms with Crippen LogP contribution in [0.3, 0.4) is 0 Å². The van der Waals surface area contributed by atoms with Gasteiger partial charge in [0.1, 0.15) is 23.8 Å². The van der Waals surface area contributed by atoms with E-state index >= 15 is 0 Å². The summed E-state index contributed by atoms with van der Waals surface area (Å²) in [7, 11) is 1.61. The lowest BCUT2D eigenvalue weighted by molar-refractivity contribution is -0.136. The van der Waals surface area contributed by atoms with Crippen molar-refractivity contribution in [2.45, 2.75) is 31.3 Å². The van der Waals surface area contributed by atoms with Crippen molar-refractivity contribution < 1.29 is 24.1 Å². The molecule has 0 bridgehead atoms. The number of nitrogens with zero attached hydrogens (tertiary/aromatic N) is 1. The third-order valence-electron chi connectivity index (χ3n) is 5.11. The minimum Gasteiger partial charge on any atom is -0.497 e. The van der Waals surface area contributed by atoms with Crippen molar-refractivity contribution in [2.24, 2.45) is 0 Å². The number of ether oxygens (including phenoxy) is 2. The molecule has 1 aliphatic rings. The van der Waals surface area contributed by atoms with Gasteiger partial charge in [-0.1, -0.05) is 24.3 Å². The molecule has 0 unspecified atom stereocenters. The monoisotopic (exact) mass is 371 g/mol. The van der Waals surface area contributed by atoms with Gasteiger partial charge in [-0.25, -0.2) is 4.39 Å². The standard InChI is InChI=1S/C21H22FNO4/c1-26-14-7-5-13(6-8-14)11-23-12-16(15-3-2-4-17(22)19(15)23)21-20(25)18(24)9-10-27-21/h2-8,12,18,20-21,24-25H,9-11H2,1H3/t18-,20+,21-/m0/s1. The van der Waals surface area contributed by atoms with E-state index in [9.17, 15) is 14.6 Å². The maximum absolute atomic E-state index is 14.6. The Morgan fingerprint density at radius 1 is 1.19 bits per heavy atom. The summed E-state index contributed by atoms with van der Waals surface area (Å²) >= 11 is 0. The normalized spacial score (nSPS) is 22.9. The van der Waals surface area contributed by atoms with Crippen molar-refractivity contribution in [3.8, 4) is 5.75 Å². The van der Waals surface area contributed by atoms with Gasteiger partial charge in [-0.15, -0.1) is 0 Å². The Hall–Kier alpha value is -2.41. The van der Waals surface area contributed by atoms with Gasteiger partial charge in [-0.3, -0.25) is 0 Å². The van der Waals surface area contributed by atoms with Gasteiger partial charge in [0.2, 0.25) is 0 Å². The molecular weight excluding hydrogens is 349 g/mol. The van der Waals surface area contributed by atoms with E-state index in [-0.39, 0.29) is 5.82 Å². The van der Waals surface area contributed by atoms with Gasteiger partial charge in [0.25, 0.3) is 0 Å². The Morgan fingerprint density at radius 2 is 1.96 bits per heavy atom. The molecule has 0 amide bonds. The molecule has 2 N–H and O–H groups in total. The molecule has 5 nitrogen and oxygen atoms in total. The lowest BCUT2D eigenvalue weighted by atomic mass is 9.96. The summed E-state index contributed by atoms with van der Waals surface area (Å²) in [5, 5.41) is 21.1. The van der Waals surface area contributed by atoms with Crippen LogP contribution in [0.25, 0.3) is 10.9 Å². The number of benzene rings is 2. The number of hydrogen-bond donors (Lipinski definition) is 2. The fourth-order valence-electron chi connectivity index (χ4n) is 3.68. The Bertz CT molecular complexity index is 937. The van der Waals surface area contributed by atoms with Gasteiger partial charge in [0, 0.05) is 23.7 Å². The minimum atomic E-state index is -1.04. The summed E-state index contributed by atoms with van der Waals surface area (Å²) in [6, 6.07) is 12.5. The molecule has 142 valence electrons. The summed E-state index contributed by atoms with van der Waals surface area (Å²) < 4.78 is 27.4. The molecule has 4 rings (SSSR count). The first kappa shape index (κ1) is 18.0. The SMILES string of the molecule is COc1ccc(Cn2cc([C@@H]3OCC[C@H](O)[C@H]3O)c3cccc(F)c32)cc1. The van der Waals surface area contributed by atoms with E-state index in [0.29, 0.717) is 36.0 Å². The number of fused-ring (bicyclic) bond motifs is 1. The van der Waals surface area contributed by atoms with Crippen molar-refractivity contribution in [2.75, 3.05) is 13.7 Å². The predicted molar refractivity (Wildman–Crippen MR) is 99.3 cm³/mol. The van der Waals surface area contributed by atoms with Crippen LogP contribution >= 0.6 is 0 Å². The van der Waals surface area contributed by atoms with Gasteiger partial charge >= 0.3 is 0 Å². The van der Waals surface area contributed by atoms with Crippen LogP contribution in [0.1, 0.15) is 23.7 Å². The van der Waals surface area contributed by atoms with E-state index in [1.165, 1.54) is 6.07 Å². The Labute approximate surface area is 156 Å². The Balaban J connectivity index is 1.76. The quantitative estimate of drug-likeness (QED) is 0.740. The lowest BCUT2D eigenvalue weighted by Gasteiger charge is -2.31. The Kier molecular flexibility index (Phi) is 4.86. The molecule has 0 spiro atoms. The van der Waals surface area contributed by atoms with Gasteiger partial charge in [-0.2, -0.15) is 0 Å². The molecule has 0 radical (unpaired) electrons. The maximum atomic E-state index is 14.6. The van der Waals surface area contributed by atoms with Gasteiger partial charge in [0.05, 0.1) is 25.3 Å². The molecule has 0 aliphatic carbocycles. The number of para-hydroxylation sites is 1. The zero-order valence-electron chi connectivity index (χ0n) is 15.0. The number of rotatable bonds is 4. The summed E-state index contributed by atoms with van der Waals surface area (Å²) in [5.74, 6) is 0.425. The second-order valence-electron chi connectivity index (χ2n) is 6.83. The third kappa shape index (κ3) is 3.32. The number of methoxy groups -OCH3 is 1. The van der Waals surface area contributed by atoms with Crippen LogP contribution in [0.2, 0.25) is 0 Å². The molecule has 1 aromatic heterocycles. The summed E-state index contributed by atoms with van der Waals surface area (Å²) in [4.78, 5) is 0. The van der Waals surface area contributed by atoms with Crippen LogP contribution in [0.4, 0.5) is 4.39 Å². The highest BCUT2D eigenvalue weighted by atomic mass is 19.1. The first-order valence-electron chi connectivity index (χ1n) is 8.96. The number of aromatic nitrogens is 1. The topological polar surface area (TPSA) is 63.9 Å². The summed E-state index contributed by atoms with van der Waals surface area (Å²) in [6.07, 6.45) is -0.380. The highest BCUT2D eigenvalue weighted by Gasteiger charge is 2.34. The van der Waals surface area contributed by atoms with Crippen LogP contribution in [0.15, 0.2) is 48.7 Å². The summed E-state index contributed by atoms with van der Waals surface area (Å²) in [5.41, 5.74) is 2.14. The maximum Gasteiger partial charge on any atom is 0.147 e. The molecule has 1 fully saturated rings. The number of halogens is 1. The fraction of sp³-hybridized carbons (Fsp3) is 0.333. The largest absolute Gasteiger partial charge is 0.497 e. The first-order chi connectivity index (χ1) is 13.1. The first-order valence-corrected chi connectivity index (χ1v) is 8.96. The van der Waals surface area contributed by atoms with Crippen molar-refractivity contribution in [1.29, 1.82) is 0 Å². The number of aliphatic hydroxyl groups is 2. The van der Waals surface area contributed by atoms with E-state index in [0.717, 1.165) is 11.3 Å². The average Bonchev–Trinajstić information content (AvgIpc) is 3.04. The molecule has 6 heteroatoms. The number of aliphatic hydroxyl groups excluding tert-OH is 2. The molecule has 0 saturated carbocycles. The van der Waals surface area contributed by atoms with Gasteiger partial charge in [0.15, 0.2) is 0 Å². The molecule has 2 aromatic carbocycles. The zero-order chi connectivity index (χ0) is 19.0. The smallest absolute Gasteiger partial charge is 0.147 e. The van der Waals surface area contributed by atoms with E-state index in [4.69, 9.17) is 9.47 Å². The average molecular weight is 371 g/mol. The fourth-order valence-corrected chi connectivity index (χ4v) is 3.68. The lowest BCUT2D eigenvalue weighted by Crippen LogP contribution is -2.39. The molecular formula is C21H22FNO4. The molecule has 2 heterocycles. The third-order valence-corrected chi connectivity index (χ3v) is 5.11. The predicted octanol–water partition coefficient (Wildman–Crippen LogP) is 3.02. The van der Waals surface area contributed by atoms with Crippen molar-refractivity contribution in [3.63, 3.8) is 0 Å². The molecule has 3 aromatic rings. The van der Waals surface area contributed by atoms with Crippen molar-refractivity contribution in [3.05, 3.63) is 65.6 Å². The van der Waals surface area contributed by atoms with E-state index < -0.39 is 18.3 Å². The second kappa shape index (κ2) is 7.31. The van der Waals surface area contributed by atoms with Crippen LogP contribution in [-0.4, -0.2) is 40.7 Å². The molecule has 3 atom stereocenters. The van der Waals surface area contributed by atoms with E-state index in [1.54, 1.807) is 13.2 Å². The van der Waals surface area contributed by atoms with Crippen LogP contribution in [0, 0.1) is 5.82 Å². The molecule has 1 aliphatic heterocycles. The summed E-state index contributed by atoms with van der Waals surface area (Å²) in [6.45, 7) is 0.816. The highest BCUT2D eigenvalue weighted by molar-refractivity contribution is 5.85. The van der Waals surface area contributed by atoms with E-state index in [2.05, 4.69) is 0 Å². The second-order valence-corrected chi connectivity index (χ2v) is 6.83. The minimum absolute atomic E-state index is 0.335.